The molecule has 0 aliphatic heterocycles. The van der Waals surface area contributed by atoms with Crippen molar-refractivity contribution in [2.24, 2.45) is 0 Å². The molecule has 0 spiro atoms. The molecule has 7 heteroatoms. The van der Waals surface area contributed by atoms with E-state index in [0.717, 1.165) is 66.9 Å². The van der Waals surface area contributed by atoms with Crippen LogP contribution in [0, 0.1) is 0 Å². The fourth-order valence-corrected chi connectivity index (χ4v) is 8.29. The summed E-state index contributed by atoms with van der Waals surface area (Å²) in [4.78, 5) is 10.7. The van der Waals surface area contributed by atoms with Crippen LogP contribution in [0.25, 0.3) is 100 Å². The van der Waals surface area contributed by atoms with Gasteiger partial charge in [-0.2, -0.15) is 0 Å². The molecule has 57 heavy (non-hydrogen) atoms. The van der Waals surface area contributed by atoms with Gasteiger partial charge >= 0.3 is 0 Å². The van der Waals surface area contributed by atoms with Gasteiger partial charge in [0.1, 0.15) is 11.0 Å². The average Bonchev–Trinajstić information content (AvgIpc) is 3.97. The average molecular weight is 737 g/mol. The lowest BCUT2D eigenvalue weighted by atomic mass is 9.87. The zero-order valence-electron chi connectivity index (χ0n) is 31.7. The number of hydrogen-bond donors (Lipinski definition) is 0. The molecule has 0 aliphatic rings. The SMILES string of the molecule is CC(C)(C)c1ccc(-c2nnc(-c3ccc(-c4cnc5c(-n6c7ccccc7c7ccccc76)ccc(-n6c7ccccc7c7ccccc76)c5n4)cc3)o2)cc1. The third-order valence-corrected chi connectivity index (χ3v) is 11.1. The molecule has 11 rings (SSSR count). The first kappa shape index (κ1) is 33.0. The first-order valence-corrected chi connectivity index (χ1v) is 19.2. The Morgan fingerprint density at radius 3 is 1.30 bits per heavy atom. The van der Waals surface area contributed by atoms with Gasteiger partial charge in [0.25, 0.3) is 0 Å². The topological polar surface area (TPSA) is 74.6 Å². The van der Waals surface area contributed by atoms with E-state index in [0.29, 0.717) is 11.8 Å². The van der Waals surface area contributed by atoms with E-state index in [1.165, 1.54) is 27.1 Å². The van der Waals surface area contributed by atoms with Gasteiger partial charge in [0.15, 0.2) is 0 Å². The number of aromatic nitrogens is 6. The molecule has 0 saturated heterocycles. The highest BCUT2D eigenvalue weighted by molar-refractivity contribution is 6.12. The molecule has 0 atom stereocenters. The monoisotopic (exact) mass is 736 g/mol. The summed E-state index contributed by atoms with van der Waals surface area (Å²) in [5, 5.41) is 13.5. The van der Waals surface area contributed by atoms with Crippen LogP contribution in [-0.2, 0) is 5.41 Å². The van der Waals surface area contributed by atoms with E-state index in [1.54, 1.807) is 0 Å². The van der Waals surface area contributed by atoms with E-state index in [4.69, 9.17) is 14.4 Å². The number of rotatable bonds is 5. The maximum atomic E-state index is 6.17. The second kappa shape index (κ2) is 12.6. The lowest BCUT2D eigenvalue weighted by molar-refractivity contribution is 0.582. The predicted octanol–water partition coefficient (Wildman–Crippen LogP) is 12.5. The van der Waals surface area contributed by atoms with Gasteiger partial charge < -0.3 is 13.6 Å². The quantitative estimate of drug-likeness (QED) is 0.176. The Kier molecular flexibility index (Phi) is 7.28. The van der Waals surface area contributed by atoms with Gasteiger partial charge in [-0.05, 0) is 71.6 Å². The first-order valence-electron chi connectivity index (χ1n) is 19.2. The van der Waals surface area contributed by atoms with E-state index < -0.39 is 0 Å². The summed E-state index contributed by atoms with van der Waals surface area (Å²) in [7, 11) is 0. The van der Waals surface area contributed by atoms with Crippen LogP contribution in [-0.4, -0.2) is 29.3 Å². The van der Waals surface area contributed by atoms with Crippen LogP contribution in [0.2, 0.25) is 0 Å². The molecule has 4 aromatic heterocycles. The van der Waals surface area contributed by atoms with Gasteiger partial charge in [0, 0.05) is 38.2 Å². The first-order chi connectivity index (χ1) is 27.9. The number of hydrogen-bond acceptors (Lipinski definition) is 5. The van der Waals surface area contributed by atoms with Crippen molar-refractivity contribution in [1.29, 1.82) is 0 Å². The zero-order chi connectivity index (χ0) is 38.3. The van der Waals surface area contributed by atoms with Gasteiger partial charge in [-0.1, -0.05) is 118 Å². The van der Waals surface area contributed by atoms with Gasteiger partial charge in [-0.3, -0.25) is 4.98 Å². The Balaban J connectivity index is 1.07. The van der Waals surface area contributed by atoms with Crippen molar-refractivity contribution in [3.8, 4) is 45.5 Å². The standard InChI is InChI=1S/C50H36N6O/c1-50(2,3)34-26-24-33(25-27-34)49-54-53-48(57-49)32-22-20-31(21-23-32)39-30-51-46-44(55-40-16-8-4-12-35(40)36-13-5-9-17-41(36)55)28-29-45(47(46)52-39)56-42-18-10-6-14-37(42)38-15-7-11-19-43(38)56/h4-30H,1-3H3. The molecule has 0 fully saturated rings. The van der Waals surface area contributed by atoms with E-state index in [9.17, 15) is 0 Å². The maximum Gasteiger partial charge on any atom is 0.248 e. The number of nitrogens with zero attached hydrogens (tertiary/aromatic N) is 6. The number of benzene rings is 7. The van der Waals surface area contributed by atoms with Crippen LogP contribution in [0.5, 0.6) is 0 Å². The third kappa shape index (κ3) is 5.27. The largest absolute Gasteiger partial charge is 0.416 e. The van der Waals surface area contributed by atoms with Crippen molar-refractivity contribution < 1.29 is 4.42 Å². The Labute approximate surface area is 328 Å². The molecule has 0 saturated carbocycles. The van der Waals surface area contributed by atoms with Crippen molar-refractivity contribution in [3.63, 3.8) is 0 Å². The minimum Gasteiger partial charge on any atom is -0.416 e. The summed E-state index contributed by atoms with van der Waals surface area (Å²) in [6.07, 6.45) is 1.89. The van der Waals surface area contributed by atoms with Crippen LogP contribution in [0.3, 0.4) is 0 Å². The molecule has 0 N–H and O–H groups in total. The normalized spacial score (nSPS) is 12.1. The van der Waals surface area contributed by atoms with Crippen molar-refractivity contribution in [2.45, 2.75) is 26.2 Å². The molecule has 4 heterocycles. The van der Waals surface area contributed by atoms with Crippen LogP contribution in [0.1, 0.15) is 26.3 Å². The predicted molar refractivity (Wildman–Crippen MR) is 231 cm³/mol. The van der Waals surface area contributed by atoms with Gasteiger partial charge in [0.2, 0.25) is 11.8 Å². The summed E-state index contributed by atoms with van der Waals surface area (Å²) in [5.74, 6) is 0.956. The van der Waals surface area contributed by atoms with E-state index in [1.807, 2.05) is 42.6 Å². The minimum absolute atomic E-state index is 0.0664. The Morgan fingerprint density at radius 2 is 0.842 bits per heavy atom. The summed E-state index contributed by atoms with van der Waals surface area (Å²) in [6.45, 7) is 6.61. The van der Waals surface area contributed by atoms with Crippen molar-refractivity contribution >= 4 is 54.6 Å². The highest BCUT2D eigenvalue weighted by Gasteiger charge is 2.21. The molecule has 0 aliphatic carbocycles. The molecular weight excluding hydrogens is 701 g/mol. The maximum absolute atomic E-state index is 6.17. The Morgan fingerprint density at radius 1 is 0.439 bits per heavy atom. The molecule has 0 radical (unpaired) electrons. The molecule has 272 valence electrons. The summed E-state index contributed by atoms with van der Waals surface area (Å²) >= 11 is 0. The van der Waals surface area contributed by atoms with Crippen molar-refractivity contribution in [1.82, 2.24) is 29.3 Å². The molecule has 0 bridgehead atoms. The highest BCUT2D eigenvalue weighted by atomic mass is 16.4. The molecule has 7 aromatic carbocycles. The second-order valence-electron chi connectivity index (χ2n) is 15.6. The third-order valence-electron chi connectivity index (χ3n) is 11.1. The number of fused-ring (bicyclic) bond motifs is 7. The van der Waals surface area contributed by atoms with Crippen molar-refractivity contribution in [3.05, 3.63) is 169 Å². The Hall–Kier alpha value is -7.38. The van der Waals surface area contributed by atoms with E-state index >= 15 is 0 Å². The van der Waals surface area contributed by atoms with Crippen LogP contribution < -0.4 is 0 Å². The fraction of sp³-hybridized carbons (Fsp3) is 0.0800. The lowest BCUT2D eigenvalue weighted by Gasteiger charge is -2.18. The van der Waals surface area contributed by atoms with Gasteiger partial charge in [0.05, 0.1) is 45.3 Å². The van der Waals surface area contributed by atoms with Crippen molar-refractivity contribution in [2.75, 3.05) is 0 Å². The summed E-state index contributed by atoms with van der Waals surface area (Å²) in [5.41, 5.74) is 12.8. The molecular formula is C50H36N6O. The lowest BCUT2D eigenvalue weighted by Crippen LogP contribution is -2.10. The summed E-state index contributed by atoms with van der Waals surface area (Å²) in [6, 6.07) is 55.1. The van der Waals surface area contributed by atoms with Gasteiger partial charge in [-0.25, -0.2) is 4.98 Å². The summed E-state index contributed by atoms with van der Waals surface area (Å²) < 4.78 is 10.8. The Bertz CT molecular complexity index is 3220. The molecule has 11 aromatic rings. The number of para-hydroxylation sites is 4. The van der Waals surface area contributed by atoms with Crippen LogP contribution in [0.4, 0.5) is 0 Å². The zero-order valence-corrected chi connectivity index (χ0v) is 31.7. The van der Waals surface area contributed by atoms with Crippen LogP contribution >= 0.6 is 0 Å². The minimum atomic E-state index is 0.0664. The second-order valence-corrected chi connectivity index (χ2v) is 15.6. The molecule has 7 nitrogen and oxygen atoms in total. The molecule has 0 amide bonds. The van der Waals surface area contributed by atoms with Crippen LogP contribution in [0.15, 0.2) is 168 Å². The smallest absolute Gasteiger partial charge is 0.248 e. The van der Waals surface area contributed by atoms with Gasteiger partial charge in [-0.15, -0.1) is 10.2 Å². The van der Waals surface area contributed by atoms with E-state index in [2.05, 4.69) is 161 Å². The molecule has 0 unspecified atom stereocenters. The fourth-order valence-electron chi connectivity index (χ4n) is 8.29. The highest BCUT2D eigenvalue weighted by Crippen LogP contribution is 2.39. The van der Waals surface area contributed by atoms with E-state index in [-0.39, 0.29) is 5.41 Å².